The third-order valence-corrected chi connectivity index (χ3v) is 4.26. The number of nitrogens with one attached hydrogen (secondary N) is 3. The zero-order chi connectivity index (χ0) is 16.7. The lowest BCUT2D eigenvalue weighted by Crippen LogP contribution is -3.13. The minimum atomic E-state index is -0.398. The summed E-state index contributed by atoms with van der Waals surface area (Å²) in [6.07, 6.45) is 4.63. The molecule has 0 unspecified atom stereocenters. The maximum absolute atomic E-state index is 11.9. The Labute approximate surface area is 141 Å². The van der Waals surface area contributed by atoms with E-state index < -0.39 is 5.91 Å². The standard InChI is InChI=1S/C16H23ClN4O2/c1-2-7-21-8-4-13(5-9-21)20-15(22)11-19-16(23)14-10-12(17)3-6-18-14/h3,6,10,13H,2,4-5,7-9,11H2,1H3,(H,19,23)(H,20,22)/p+1. The third kappa shape index (κ3) is 5.80. The van der Waals surface area contributed by atoms with Gasteiger partial charge in [0.25, 0.3) is 5.91 Å². The lowest BCUT2D eigenvalue weighted by molar-refractivity contribution is -0.905. The summed E-state index contributed by atoms with van der Waals surface area (Å²) in [6.45, 7) is 5.53. The molecule has 3 N–H and O–H groups in total. The molecule has 1 saturated heterocycles. The van der Waals surface area contributed by atoms with Crippen LogP contribution in [0.4, 0.5) is 0 Å². The molecule has 0 atom stereocenters. The number of carbonyl (C=O) groups excluding carboxylic acids is 2. The molecule has 126 valence electrons. The molecule has 0 spiro atoms. The zero-order valence-electron chi connectivity index (χ0n) is 13.4. The van der Waals surface area contributed by atoms with Crippen molar-refractivity contribution < 1.29 is 14.5 Å². The molecular formula is C16H24ClN4O2+. The fourth-order valence-electron chi connectivity index (χ4n) is 2.83. The molecule has 0 bridgehead atoms. The molecule has 0 saturated carbocycles. The van der Waals surface area contributed by atoms with E-state index in [9.17, 15) is 9.59 Å². The third-order valence-electron chi connectivity index (χ3n) is 4.03. The van der Waals surface area contributed by atoms with Crippen molar-refractivity contribution >= 4 is 23.4 Å². The van der Waals surface area contributed by atoms with E-state index in [0.717, 1.165) is 25.9 Å². The Morgan fingerprint density at radius 1 is 1.39 bits per heavy atom. The van der Waals surface area contributed by atoms with E-state index in [2.05, 4.69) is 22.5 Å². The van der Waals surface area contributed by atoms with Gasteiger partial charge in [-0.15, -0.1) is 0 Å². The predicted octanol–water partition coefficient (Wildman–Crippen LogP) is 0.0383. The molecule has 6 nitrogen and oxygen atoms in total. The second kappa shape index (κ2) is 8.84. The number of likely N-dealkylation sites (tertiary alicyclic amines) is 1. The summed E-state index contributed by atoms with van der Waals surface area (Å²) in [6, 6.07) is 3.28. The zero-order valence-corrected chi connectivity index (χ0v) is 14.2. The Balaban J connectivity index is 1.70. The van der Waals surface area contributed by atoms with Crippen LogP contribution < -0.4 is 15.5 Å². The van der Waals surface area contributed by atoms with E-state index >= 15 is 0 Å². The van der Waals surface area contributed by atoms with Crippen LogP contribution in [-0.4, -0.2) is 49.0 Å². The predicted molar refractivity (Wildman–Crippen MR) is 88.6 cm³/mol. The SMILES string of the molecule is CCC[NH+]1CCC(NC(=O)CNC(=O)c2cc(Cl)ccn2)CC1. The normalized spacial score (nSPS) is 20.8. The topological polar surface area (TPSA) is 75.5 Å². The van der Waals surface area contributed by atoms with Crippen molar-refractivity contribution in [3.8, 4) is 0 Å². The fraction of sp³-hybridized carbons (Fsp3) is 0.562. The minimum absolute atomic E-state index is 0.0466. The van der Waals surface area contributed by atoms with Crippen LogP contribution in [0.1, 0.15) is 36.7 Å². The van der Waals surface area contributed by atoms with Gasteiger partial charge < -0.3 is 15.5 Å². The van der Waals surface area contributed by atoms with Gasteiger partial charge in [-0.25, -0.2) is 0 Å². The number of halogens is 1. The first kappa shape index (κ1) is 17.7. The smallest absolute Gasteiger partial charge is 0.270 e. The molecule has 1 aliphatic heterocycles. The quantitative estimate of drug-likeness (QED) is 0.685. The van der Waals surface area contributed by atoms with Crippen LogP contribution in [0, 0.1) is 0 Å². The molecule has 1 aromatic rings. The highest BCUT2D eigenvalue weighted by Crippen LogP contribution is 2.07. The van der Waals surface area contributed by atoms with Crippen molar-refractivity contribution in [3.05, 3.63) is 29.0 Å². The maximum Gasteiger partial charge on any atom is 0.270 e. The minimum Gasteiger partial charge on any atom is -0.351 e. The summed E-state index contributed by atoms with van der Waals surface area (Å²) in [5.74, 6) is -0.561. The van der Waals surface area contributed by atoms with Gasteiger partial charge in [0.05, 0.1) is 26.2 Å². The van der Waals surface area contributed by atoms with Gasteiger partial charge in [-0.3, -0.25) is 14.6 Å². The summed E-state index contributed by atoms with van der Waals surface area (Å²) in [5, 5.41) is 5.99. The molecule has 2 heterocycles. The van der Waals surface area contributed by atoms with Gasteiger partial charge in [-0.05, 0) is 18.6 Å². The van der Waals surface area contributed by atoms with E-state index in [-0.39, 0.29) is 24.2 Å². The summed E-state index contributed by atoms with van der Waals surface area (Å²) >= 11 is 5.81. The summed E-state index contributed by atoms with van der Waals surface area (Å²) in [7, 11) is 0. The summed E-state index contributed by atoms with van der Waals surface area (Å²) in [4.78, 5) is 29.4. The van der Waals surface area contributed by atoms with Crippen LogP contribution in [0.5, 0.6) is 0 Å². The van der Waals surface area contributed by atoms with Crippen molar-refractivity contribution in [1.82, 2.24) is 15.6 Å². The first-order valence-corrected chi connectivity index (χ1v) is 8.49. The van der Waals surface area contributed by atoms with E-state index in [1.807, 2.05) is 0 Å². The number of aromatic nitrogens is 1. The van der Waals surface area contributed by atoms with E-state index in [1.165, 1.54) is 25.2 Å². The Bertz CT molecular complexity index is 545. The number of quaternary nitrogens is 1. The number of hydrogen-bond donors (Lipinski definition) is 3. The number of hydrogen-bond acceptors (Lipinski definition) is 3. The van der Waals surface area contributed by atoms with Gasteiger partial charge in [0.15, 0.2) is 0 Å². The van der Waals surface area contributed by atoms with Crippen molar-refractivity contribution in [1.29, 1.82) is 0 Å². The van der Waals surface area contributed by atoms with Crippen molar-refractivity contribution in [2.45, 2.75) is 32.2 Å². The Morgan fingerprint density at radius 3 is 2.78 bits per heavy atom. The van der Waals surface area contributed by atoms with Crippen LogP contribution in [0.3, 0.4) is 0 Å². The number of amides is 2. The molecule has 2 rings (SSSR count). The van der Waals surface area contributed by atoms with Gasteiger partial charge in [0.2, 0.25) is 5.91 Å². The van der Waals surface area contributed by atoms with Gasteiger partial charge >= 0.3 is 0 Å². The molecule has 0 aliphatic carbocycles. The first-order chi connectivity index (χ1) is 11.1. The average molecular weight is 340 g/mol. The Kier molecular flexibility index (Phi) is 6.80. The monoisotopic (exact) mass is 339 g/mol. The fourth-order valence-corrected chi connectivity index (χ4v) is 2.99. The van der Waals surface area contributed by atoms with Crippen LogP contribution >= 0.6 is 11.6 Å². The lowest BCUT2D eigenvalue weighted by Gasteiger charge is -2.29. The molecule has 0 aromatic carbocycles. The van der Waals surface area contributed by atoms with Crippen LogP contribution in [0.25, 0.3) is 0 Å². The molecule has 0 radical (unpaired) electrons. The van der Waals surface area contributed by atoms with Crippen molar-refractivity contribution in [2.24, 2.45) is 0 Å². The Hall–Kier alpha value is -1.66. The largest absolute Gasteiger partial charge is 0.351 e. The van der Waals surface area contributed by atoms with E-state index in [0.29, 0.717) is 5.02 Å². The van der Waals surface area contributed by atoms with E-state index in [4.69, 9.17) is 11.6 Å². The number of pyridine rings is 1. The van der Waals surface area contributed by atoms with Gasteiger partial charge in [-0.1, -0.05) is 18.5 Å². The molecule has 23 heavy (non-hydrogen) atoms. The molecule has 1 aliphatic rings. The van der Waals surface area contributed by atoms with Gasteiger partial charge in [0, 0.05) is 30.1 Å². The maximum atomic E-state index is 11.9. The highest BCUT2D eigenvalue weighted by atomic mass is 35.5. The lowest BCUT2D eigenvalue weighted by atomic mass is 10.0. The van der Waals surface area contributed by atoms with Gasteiger partial charge in [0.1, 0.15) is 5.69 Å². The highest BCUT2D eigenvalue weighted by molar-refractivity contribution is 6.30. The number of piperidine rings is 1. The van der Waals surface area contributed by atoms with Gasteiger partial charge in [-0.2, -0.15) is 0 Å². The molecule has 1 fully saturated rings. The molecular weight excluding hydrogens is 316 g/mol. The number of carbonyl (C=O) groups is 2. The van der Waals surface area contributed by atoms with Crippen molar-refractivity contribution in [3.63, 3.8) is 0 Å². The molecule has 7 heteroatoms. The average Bonchev–Trinajstić information content (AvgIpc) is 2.55. The second-order valence-electron chi connectivity index (χ2n) is 5.88. The second-order valence-corrected chi connectivity index (χ2v) is 6.32. The van der Waals surface area contributed by atoms with E-state index in [1.54, 1.807) is 11.0 Å². The van der Waals surface area contributed by atoms with Crippen LogP contribution in [-0.2, 0) is 4.79 Å². The Morgan fingerprint density at radius 2 is 2.13 bits per heavy atom. The number of nitrogens with zero attached hydrogens (tertiary/aromatic N) is 1. The number of rotatable bonds is 6. The molecule has 2 amide bonds. The van der Waals surface area contributed by atoms with Crippen LogP contribution in [0.15, 0.2) is 18.3 Å². The summed E-state index contributed by atoms with van der Waals surface area (Å²) in [5.41, 5.74) is 0.210. The highest BCUT2D eigenvalue weighted by Gasteiger charge is 2.22. The first-order valence-electron chi connectivity index (χ1n) is 8.11. The van der Waals surface area contributed by atoms with Crippen LogP contribution in [0.2, 0.25) is 5.02 Å². The molecule has 1 aromatic heterocycles. The summed E-state index contributed by atoms with van der Waals surface area (Å²) < 4.78 is 0. The van der Waals surface area contributed by atoms with Crippen molar-refractivity contribution in [2.75, 3.05) is 26.2 Å².